The van der Waals surface area contributed by atoms with E-state index in [1.807, 2.05) is 6.92 Å². The Morgan fingerprint density at radius 3 is 2.57 bits per heavy atom. The van der Waals surface area contributed by atoms with Gasteiger partial charge in [0, 0.05) is 32.0 Å². The zero-order chi connectivity index (χ0) is 16.6. The van der Waals surface area contributed by atoms with Gasteiger partial charge in [-0.05, 0) is 19.3 Å². The lowest BCUT2D eigenvalue weighted by Gasteiger charge is -2.28. The first kappa shape index (κ1) is 22.6. The van der Waals surface area contributed by atoms with E-state index >= 15 is 0 Å². The van der Waals surface area contributed by atoms with E-state index in [1.54, 1.807) is 18.4 Å². The Labute approximate surface area is 161 Å². The van der Waals surface area contributed by atoms with Crippen LogP contribution in [0.2, 0.25) is 0 Å². The first-order valence-corrected chi connectivity index (χ1v) is 8.70. The number of aromatic nitrogens is 1. The summed E-state index contributed by atoms with van der Waals surface area (Å²) in [5.41, 5.74) is 1.21. The van der Waals surface area contributed by atoms with Crippen LogP contribution in [0.3, 0.4) is 0 Å². The Bertz CT molecular complexity index is 471. The summed E-state index contributed by atoms with van der Waals surface area (Å²) in [7, 11) is 1.75. The first-order valence-electron chi connectivity index (χ1n) is 7.82. The quantitative estimate of drug-likeness (QED) is 0.378. The molecule has 1 unspecified atom stereocenters. The van der Waals surface area contributed by atoms with Crippen molar-refractivity contribution in [3.05, 3.63) is 16.1 Å². The van der Waals surface area contributed by atoms with Crippen molar-refractivity contribution in [3.63, 3.8) is 0 Å². The SMILES string of the molecule is CCNC(=NCC(OC)C(C)(C)C)NCCc1csc(C)n1.I. The number of halogens is 1. The van der Waals surface area contributed by atoms with Crippen LogP contribution in [-0.2, 0) is 11.2 Å². The summed E-state index contributed by atoms with van der Waals surface area (Å²) in [6.45, 7) is 12.9. The van der Waals surface area contributed by atoms with Crippen molar-refractivity contribution in [3.8, 4) is 0 Å². The predicted octanol–water partition coefficient (Wildman–Crippen LogP) is 3.23. The molecular weight excluding hydrogens is 423 g/mol. The average Bonchev–Trinajstić information content (AvgIpc) is 2.83. The maximum absolute atomic E-state index is 5.55. The molecule has 0 saturated carbocycles. The molecular formula is C16H31IN4OS. The molecule has 5 nitrogen and oxygen atoms in total. The Balaban J connectivity index is 0.00000484. The van der Waals surface area contributed by atoms with Gasteiger partial charge in [0.1, 0.15) is 0 Å². The van der Waals surface area contributed by atoms with E-state index in [4.69, 9.17) is 4.74 Å². The topological polar surface area (TPSA) is 58.5 Å². The molecule has 0 aliphatic carbocycles. The van der Waals surface area contributed by atoms with Crippen molar-refractivity contribution in [1.82, 2.24) is 15.6 Å². The normalized spacial score (nSPS) is 13.4. The second-order valence-electron chi connectivity index (χ2n) is 6.34. The number of methoxy groups -OCH3 is 1. The van der Waals surface area contributed by atoms with Gasteiger partial charge in [0.25, 0.3) is 0 Å². The molecule has 0 bridgehead atoms. The highest BCUT2D eigenvalue weighted by Crippen LogP contribution is 2.21. The lowest BCUT2D eigenvalue weighted by molar-refractivity contribution is 0.0241. The lowest BCUT2D eigenvalue weighted by Crippen LogP contribution is -2.40. The molecule has 7 heteroatoms. The molecule has 1 rings (SSSR count). The number of aliphatic imine (C=N–C) groups is 1. The van der Waals surface area contributed by atoms with Gasteiger partial charge < -0.3 is 15.4 Å². The van der Waals surface area contributed by atoms with E-state index in [0.717, 1.165) is 36.2 Å². The highest BCUT2D eigenvalue weighted by Gasteiger charge is 2.24. The first-order chi connectivity index (χ1) is 10.4. The van der Waals surface area contributed by atoms with Crippen LogP contribution in [0, 0.1) is 12.3 Å². The van der Waals surface area contributed by atoms with Crippen LogP contribution < -0.4 is 10.6 Å². The minimum absolute atomic E-state index is 0. The van der Waals surface area contributed by atoms with Crippen molar-refractivity contribution >= 4 is 41.3 Å². The molecule has 0 radical (unpaired) electrons. The molecule has 1 heterocycles. The van der Waals surface area contributed by atoms with Crippen LogP contribution in [0.1, 0.15) is 38.4 Å². The van der Waals surface area contributed by atoms with Crippen LogP contribution in [0.15, 0.2) is 10.4 Å². The van der Waals surface area contributed by atoms with Gasteiger partial charge >= 0.3 is 0 Å². The van der Waals surface area contributed by atoms with Gasteiger partial charge in [-0.25, -0.2) is 4.98 Å². The third-order valence-corrected chi connectivity index (χ3v) is 4.17. The minimum Gasteiger partial charge on any atom is -0.379 e. The fourth-order valence-corrected chi connectivity index (χ4v) is 2.70. The molecule has 0 amide bonds. The van der Waals surface area contributed by atoms with E-state index in [9.17, 15) is 0 Å². The monoisotopic (exact) mass is 454 g/mol. The smallest absolute Gasteiger partial charge is 0.191 e. The van der Waals surface area contributed by atoms with Gasteiger partial charge in [0.05, 0.1) is 23.4 Å². The Hall–Kier alpha value is -0.410. The van der Waals surface area contributed by atoms with Gasteiger partial charge in [-0.2, -0.15) is 0 Å². The third-order valence-electron chi connectivity index (χ3n) is 3.35. The molecule has 0 spiro atoms. The summed E-state index contributed by atoms with van der Waals surface area (Å²) in [6.07, 6.45) is 1.01. The molecule has 0 aliphatic heterocycles. The highest BCUT2D eigenvalue weighted by molar-refractivity contribution is 14.0. The number of aryl methyl sites for hydroxylation is 1. The summed E-state index contributed by atoms with van der Waals surface area (Å²) < 4.78 is 5.55. The van der Waals surface area contributed by atoms with Crippen molar-refractivity contribution in [2.24, 2.45) is 10.4 Å². The molecule has 23 heavy (non-hydrogen) atoms. The number of nitrogens with zero attached hydrogens (tertiary/aromatic N) is 2. The minimum atomic E-state index is 0. The van der Waals surface area contributed by atoms with E-state index in [0.29, 0.717) is 6.54 Å². The second-order valence-corrected chi connectivity index (χ2v) is 7.41. The predicted molar refractivity (Wildman–Crippen MR) is 110 cm³/mol. The van der Waals surface area contributed by atoms with Crippen LogP contribution in [-0.4, -0.2) is 43.8 Å². The van der Waals surface area contributed by atoms with Gasteiger partial charge in [0.2, 0.25) is 0 Å². The fourth-order valence-electron chi connectivity index (χ4n) is 2.05. The molecule has 0 aromatic carbocycles. The van der Waals surface area contributed by atoms with Crippen LogP contribution in [0.4, 0.5) is 0 Å². The number of hydrogen-bond donors (Lipinski definition) is 2. The summed E-state index contributed by atoms with van der Waals surface area (Å²) >= 11 is 1.69. The van der Waals surface area contributed by atoms with Crippen molar-refractivity contribution < 1.29 is 4.74 Å². The standard InChI is InChI=1S/C16H30N4OS.HI/c1-7-17-15(19-10-14(21-6)16(3,4)5)18-9-8-13-11-22-12(2)20-13;/h11,14H,7-10H2,1-6H3,(H2,17,18,19);1H. The zero-order valence-electron chi connectivity index (χ0n) is 15.1. The summed E-state index contributed by atoms with van der Waals surface area (Å²) in [5.74, 6) is 0.834. The molecule has 1 aromatic heterocycles. The summed E-state index contributed by atoms with van der Waals surface area (Å²) in [5, 5.41) is 9.86. The molecule has 0 fully saturated rings. The van der Waals surface area contributed by atoms with Crippen LogP contribution in [0.5, 0.6) is 0 Å². The maximum atomic E-state index is 5.55. The van der Waals surface area contributed by atoms with Gasteiger partial charge in [-0.3, -0.25) is 4.99 Å². The van der Waals surface area contributed by atoms with Crippen molar-refractivity contribution in [1.29, 1.82) is 0 Å². The Kier molecular flexibility index (Phi) is 11.0. The number of thiazole rings is 1. The number of nitrogens with one attached hydrogen (secondary N) is 2. The molecule has 134 valence electrons. The van der Waals surface area contributed by atoms with Gasteiger partial charge in [-0.1, -0.05) is 20.8 Å². The lowest BCUT2D eigenvalue weighted by atomic mass is 9.89. The Morgan fingerprint density at radius 1 is 1.39 bits per heavy atom. The number of guanidine groups is 1. The fraction of sp³-hybridized carbons (Fsp3) is 0.750. The second kappa shape index (κ2) is 11.2. The van der Waals surface area contributed by atoms with Gasteiger partial charge in [0.15, 0.2) is 5.96 Å². The average molecular weight is 454 g/mol. The molecule has 2 N–H and O–H groups in total. The summed E-state index contributed by atoms with van der Waals surface area (Å²) in [4.78, 5) is 9.11. The van der Waals surface area contributed by atoms with Crippen LogP contribution >= 0.6 is 35.3 Å². The van der Waals surface area contributed by atoms with Crippen LogP contribution in [0.25, 0.3) is 0 Å². The van der Waals surface area contributed by atoms with E-state index < -0.39 is 0 Å². The largest absolute Gasteiger partial charge is 0.379 e. The van der Waals surface area contributed by atoms with E-state index in [2.05, 4.69) is 53.7 Å². The maximum Gasteiger partial charge on any atom is 0.191 e. The number of ether oxygens (including phenoxy) is 1. The summed E-state index contributed by atoms with van der Waals surface area (Å²) in [6, 6.07) is 0. The molecule has 0 aliphatic rings. The molecule has 1 atom stereocenters. The molecule has 1 aromatic rings. The van der Waals surface area contributed by atoms with Crippen molar-refractivity contribution in [2.45, 2.75) is 47.1 Å². The van der Waals surface area contributed by atoms with Gasteiger partial charge in [-0.15, -0.1) is 35.3 Å². The Morgan fingerprint density at radius 2 is 2.09 bits per heavy atom. The highest BCUT2D eigenvalue weighted by atomic mass is 127. The zero-order valence-corrected chi connectivity index (χ0v) is 18.2. The number of rotatable bonds is 7. The third kappa shape index (κ3) is 8.85. The van der Waals surface area contributed by atoms with Crippen molar-refractivity contribution in [2.75, 3.05) is 26.7 Å². The van der Waals surface area contributed by atoms with E-state index in [-0.39, 0.29) is 35.5 Å². The van der Waals surface area contributed by atoms with E-state index in [1.165, 1.54) is 0 Å². The number of hydrogen-bond acceptors (Lipinski definition) is 4. The molecule has 0 saturated heterocycles.